The summed E-state index contributed by atoms with van der Waals surface area (Å²) in [6, 6.07) is 14.5. The van der Waals surface area contributed by atoms with Crippen LogP contribution in [0.15, 0.2) is 57.8 Å². The average Bonchev–Trinajstić information content (AvgIpc) is 3.19. The molecule has 29 heavy (non-hydrogen) atoms. The van der Waals surface area contributed by atoms with Crippen LogP contribution in [-0.4, -0.2) is 36.8 Å². The molecule has 2 aromatic carbocycles. The lowest BCUT2D eigenvalue weighted by Crippen LogP contribution is -2.42. The Balaban J connectivity index is 1.68. The van der Waals surface area contributed by atoms with Crippen LogP contribution in [0.5, 0.6) is 0 Å². The van der Waals surface area contributed by atoms with Gasteiger partial charge in [0, 0.05) is 18.2 Å². The SMILES string of the molecule is NCCCN(C1CCCCC1)S(=O)(=O)c1cccc(-c2nc3ccccc3o2)c1. The van der Waals surface area contributed by atoms with Gasteiger partial charge in [-0.05, 0) is 56.1 Å². The van der Waals surface area contributed by atoms with Gasteiger partial charge in [-0.1, -0.05) is 37.5 Å². The minimum Gasteiger partial charge on any atom is -0.436 e. The van der Waals surface area contributed by atoms with E-state index in [-0.39, 0.29) is 10.9 Å². The van der Waals surface area contributed by atoms with E-state index in [9.17, 15) is 8.42 Å². The Morgan fingerprint density at radius 3 is 2.62 bits per heavy atom. The van der Waals surface area contributed by atoms with Crippen LogP contribution in [-0.2, 0) is 10.0 Å². The van der Waals surface area contributed by atoms with Crippen molar-refractivity contribution in [1.82, 2.24) is 9.29 Å². The van der Waals surface area contributed by atoms with Crippen LogP contribution < -0.4 is 5.73 Å². The average molecular weight is 414 g/mol. The zero-order valence-corrected chi connectivity index (χ0v) is 17.3. The molecule has 0 atom stereocenters. The van der Waals surface area contributed by atoms with Gasteiger partial charge in [-0.15, -0.1) is 0 Å². The molecule has 7 heteroatoms. The molecule has 1 heterocycles. The van der Waals surface area contributed by atoms with Crippen LogP contribution in [0.25, 0.3) is 22.6 Å². The van der Waals surface area contributed by atoms with Crippen molar-refractivity contribution in [1.29, 1.82) is 0 Å². The molecular weight excluding hydrogens is 386 g/mol. The van der Waals surface area contributed by atoms with Gasteiger partial charge in [0.25, 0.3) is 0 Å². The maximum atomic E-state index is 13.5. The summed E-state index contributed by atoms with van der Waals surface area (Å²) in [4.78, 5) is 4.78. The number of aromatic nitrogens is 1. The summed E-state index contributed by atoms with van der Waals surface area (Å²) < 4.78 is 34.6. The Hall–Kier alpha value is -2.22. The highest BCUT2D eigenvalue weighted by molar-refractivity contribution is 7.89. The molecule has 4 rings (SSSR count). The molecule has 1 aliphatic rings. The van der Waals surface area contributed by atoms with E-state index in [2.05, 4.69) is 4.98 Å². The fourth-order valence-corrected chi connectivity index (χ4v) is 5.81. The topological polar surface area (TPSA) is 89.4 Å². The Kier molecular flexibility index (Phi) is 5.99. The van der Waals surface area contributed by atoms with Crippen molar-refractivity contribution in [3.63, 3.8) is 0 Å². The Labute approximate surface area is 171 Å². The van der Waals surface area contributed by atoms with Crippen molar-refractivity contribution in [3.8, 4) is 11.5 Å². The van der Waals surface area contributed by atoms with Crippen molar-refractivity contribution in [3.05, 3.63) is 48.5 Å². The lowest BCUT2D eigenvalue weighted by atomic mass is 9.95. The standard InChI is InChI=1S/C22H27N3O3S/c23-14-7-15-25(18-9-2-1-3-10-18)29(26,27)19-11-6-8-17(16-19)22-24-20-12-4-5-13-21(20)28-22/h4-6,8,11-13,16,18H,1-3,7,9-10,14-15,23H2. The number of oxazole rings is 1. The molecule has 1 fully saturated rings. The minimum absolute atomic E-state index is 0.0493. The number of nitrogens with zero attached hydrogens (tertiary/aromatic N) is 2. The summed E-state index contributed by atoms with van der Waals surface area (Å²) >= 11 is 0. The van der Waals surface area contributed by atoms with Crippen LogP contribution in [0.3, 0.4) is 0 Å². The first-order chi connectivity index (χ1) is 14.1. The molecule has 0 bridgehead atoms. The number of para-hydroxylation sites is 2. The lowest BCUT2D eigenvalue weighted by Gasteiger charge is -2.33. The van der Waals surface area contributed by atoms with Crippen molar-refractivity contribution in [2.24, 2.45) is 5.73 Å². The van der Waals surface area contributed by atoms with Gasteiger partial charge in [0.2, 0.25) is 15.9 Å². The second-order valence-corrected chi connectivity index (χ2v) is 9.45. The van der Waals surface area contributed by atoms with Gasteiger partial charge in [-0.25, -0.2) is 13.4 Å². The zero-order valence-electron chi connectivity index (χ0n) is 16.5. The second kappa shape index (κ2) is 8.65. The highest BCUT2D eigenvalue weighted by Crippen LogP contribution is 2.30. The third-order valence-corrected chi connectivity index (χ3v) is 7.49. The maximum Gasteiger partial charge on any atom is 0.243 e. The van der Waals surface area contributed by atoms with E-state index in [4.69, 9.17) is 10.2 Å². The summed E-state index contributed by atoms with van der Waals surface area (Å²) in [7, 11) is -3.63. The number of hydrogen-bond donors (Lipinski definition) is 1. The van der Waals surface area contributed by atoms with Crippen molar-refractivity contribution < 1.29 is 12.8 Å². The van der Waals surface area contributed by atoms with Crippen LogP contribution in [0.1, 0.15) is 38.5 Å². The van der Waals surface area contributed by atoms with E-state index >= 15 is 0 Å². The van der Waals surface area contributed by atoms with Crippen molar-refractivity contribution >= 4 is 21.1 Å². The summed E-state index contributed by atoms with van der Waals surface area (Å²) in [5.74, 6) is 0.425. The molecule has 0 unspecified atom stereocenters. The molecule has 0 saturated heterocycles. The van der Waals surface area contributed by atoms with Gasteiger partial charge in [-0.2, -0.15) is 4.31 Å². The second-order valence-electron chi connectivity index (χ2n) is 7.56. The van der Waals surface area contributed by atoms with Gasteiger partial charge in [0.15, 0.2) is 5.58 Å². The monoisotopic (exact) mass is 413 g/mol. The van der Waals surface area contributed by atoms with Gasteiger partial charge in [0.05, 0.1) is 4.90 Å². The number of benzene rings is 2. The summed E-state index contributed by atoms with van der Waals surface area (Å²) in [5, 5.41) is 0. The van der Waals surface area contributed by atoms with Crippen molar-refractivity contribution in [2.75, 3.05) is 13.1 Å². The van der Waals surface area contributed by atoms with Crippen LogP contribution in [0.2, 0.25) is 0 Å². The Morgan fingerprint density at radius 1 is 1.07 bits per heavy atom. The van der Waals surface area contributed by atoms with E-state index < -0.39 is 10.0 Å². The minimum atomic E-state index is -3.63. The molecule has 154 valence electrons. The number of hydrogen-bond acceptors (Lipinski definition) is 5. The van der Waals surface area contributed by atoms with Crippen molar-refractivity contribution in [2.45, 2.75) is 49.5 Å². The molecule has 6 nitrogen and oxygen atoms in total. The molecule has 1 aliphatic carbocycles. The van der Waals surface area contributed by atoms with E-state index in [0.717, 1.165) is 31.2 Å². The molecule has 0 aliphatic heterocycles. The number of nitrogens with two attached hydrogens (primary N) is 1. The number of sulfonamides is 1. The summed E-state index contributed by atoms with van der Waals surface area (Å²) in [5.41, 5.74) is 7.78. The summed E-state index contributed by atoms with van der Waals surface area (Å²) in [6.45, 7) is 0.929. The van der Waals surface area contributed by atoms with Gasteiger partial charge in [-0.3, -0.25) is 0 Å². The highest BCUT2D eigenvalue weighted by atomic mass is 32.2. The first-order valence-electron chi connectivity index (χ1n) is 10.3. The van der Waals surface area contributed by atoms with Gasteiger partial charge < -0.3 is 10.2 Å². The van der Waals surface area contributed by atoms with Crippen LogP contribution in [0, 0.1) is 0 Å². The molecular formula is C22H27N3O3S. The zero-order chi connectivity index (χ0) is 20.3. The van der Waals surface area contributed by atoms with Gasteiger partial charge in [0.1, 0.15) is 5.52 Å². The first kappa shape index (κ1) is 20.1. The quantitative estimate of drug-likeness (QED) is 0.628. The smallest absolute Gasteiger partial charge is 0.243 e. The normalized spacial score (nSPS) is 15.9. The molecule has 0 amide bonds. The maximum absolute atomic E-state index is 13.5. The van der Waals surface area contributed by atoms with E-state index in [1.807, 2.05) is 30.3 Å². The molecule has 0 radical (unpaired) electrons. The number of rotatable bonds is 7. The fraction of sp³-hybridized carbons (Fsp3) is 0.409. The van der Waals surface area contributed by atoms with Crippen LogP contribution in [0.4, 0.5) is 0 Å². The number of fused-ring (bicyclic) bond motifs is 1. The molecule has 1 aromatic heterocycles. The molecule has 2 N–H and O–H groups in total. The first-order valence-corrected chi connectivity index (χ1v) is 11.7. The third kappa shape index (κ3) is 4.22. The molecule has 0 spiro atoms. The Bertz CT molecular complexity index is 1040. The van der Waals surface area contributed by atoms with E-state index in [1.165, 1.54) is 6.42 Å². The predicted molar refractivity (Wildman–Crippen MR) is 114 cm³/mol. The highest BCUT2D eigenvalue weighted by Gasteiger charge is 2.32. The predicted octanol–water partition coefficient (Wildman–Crippen LogP) is 4.17. The largest absolute Gasteiger partial charge is 0.436 e. The third-order valence-electron chi connectivity index (χ3n) is 5.55. The fourth-order valence-electron chi connectivity index (χ4n) is 4.04. The van der Waals surface area contributed by atoms with E-state index in [0.29, 0.717) is 36.5 Å². The van der Waals surface area contributed by atoms with E-state index in [1.54, 1.807) is 22.5 Å². The summed E-state index contributed by atoms with van der Waals surface area (Å²) in [6.07, 6.45) is 5.79. The van der Waals surface area contributed by atoms with Gasteiger partial charge >= 0.3 is 0 Å². The molecule has 3 aromatic rings. The Morgan fingerprint density at radius 2 is 1.86 bits per heavy atom. The molecule has 1 saturated carbocycles. The lowest BCUT2D eigenvalue weighted by molar-refractivity contribution is 0.252. The van der Waals surface area contributed by atoms with Crippen LogP contribution >= 0.6 is 0 Å².